The molecule has 0 spiro atoms. The third-order valence-electron chi connectivity index (χ3n) is 5.05. The maximum atomic E-state index is 12.6. The van der Waals surface area contributed by atoms with Crippen molar-refractivity contribution >= 4 is 23.4 Å². The number of aryl methyl sites for hydroxylation is 1. The van der Waals surface area contributed by atoms with E-state index in [1.165, 1.54) is 25.7 Å². The third kappa shape index (κ3) is 12.8. The van der Waals surface area contributed by atoms with Crippen LogP contribution in [0.15, 0.2) is 24.3 Å². The SMILES string of the molecule is CCCCCCCCCC(=O)N(CC(=O)NCC(=O)Nc1ccc(C)cc1)CC(C)C. The summed E-state index contributed by atoms with van der Waals surface area (Å²) < 4.78 is 0. The van der Waals surface area contributed by atoms with Crippen molar-refractivity contribution in [1.82, 2.24) is 10.2 Å². The fourth-order valence-corrected chi connectivity index (χ4v) is 3.34. The number of hydrogen-bond donors (Lipinski definition) is 2. The zero-order valence-corrected chi connectivity index (χ0v) is 19.8. The van der Waals surface area contributed by atoms with E-state index >= 15 is 0 Å². The van der Waals surface area contributed by atoms with Crippen LogP contribution in [0.3, 0.4) is 0 Å². The minimum Gasteiger partial charge on any atom is -0.345 e. The first kappa shape index (κ1) is 26.7. The van der Waals surface area contributed by atoms with Crippen LogP contribution in [0.2, 0.25) is 0 Å². The zero-order chi connectivity index (χ0) is 23.1. The summed E-state index contributed by atoms with van der Waals surface area (Å²) >= 11 is 0. The molecule has 0 saturated heterocycles. The number of unbranched alkanes of at least 4 members (excludes halogenated alkanes) is 6. The second-order valence-electron chi connectivity index (χ2n) is 8.73. The monoisotopic (exact) mass is 431 g/mol. The predicted octanol–water partition coefficient (Wildman–Crippen LogP) is 4.68. The Kier molecular flexibility index (Phi) is 13.3. The van der Waals surface area contributed by atoms with Crippen molar-refractivity contribution in [1.29, 1.82) is 0 Å². The second-order valence-corrected chi connectivity index (χ2v) is 8.73. The van der Waals surface area contributed by atoms with Crippen LogP contribution in [0.5, 0.6) is 0 Å². The summed E-state index contributed by atoms with van der Waals surface area (Å²) in [7, 11) is 0. The number of amides is 3. The van der Waals surface area contributed by atoms with E-state index in [1.54, 1.807) is 4.90 Å². The quantitative estimate of drug-likeness (QED) is 0.396. The summed E-state index contributed by atoms with van der Waals surface area (Å²) in [6, 6.07) is 7.47. The highest BCUT2D eigenvalue weighted by Crippen LogP contribution is 2.11. The Hall–Kier alpha value is -2.37. The third-order valence-corrected chi connectivity index (χ3v) is 5.05. The summed E-state index contributed by atoms with van der Waals surface area (Å²) in [5.74, 6) is -0.313. The molecule has 6 heteroatoms. The molecule has 31 heavy (non-hydrogen) atoms. The van der Waals surface area contributed by atoms with Gasteiger partial charge in [0.15, 0.2) is 0 Å². The Balaban J connectivity index is 2.38. The summed E-state index contributed by atoms with van der Waals surface area (Å²) in [6.45, 7) is 8.65. The van der Waals surface area contributed by atoms with Crippen LogP contribution in [0.25, 0.3) is 0 Å². The van der Waals surface area contributed by atoms with Crippen LogP contribution in [-0.2, 0) is 14.4 Å². The van der Waals surface area contributed by atoms with Gasteiger partial charge in [0.2, 0.25) is 17.7 Å². The number of nitrogens with zero attached hydrogens (tertiary/aromatic N) is 1. The highest BCUT2D eigenvalue weighted by molar-refractivity contribution is 5.95. The van der Waals surface area contributed by atoms with Crippen molar-refractivity contribution < 1.29 is 14.4 Å². The summed E-state index contributed by atoms with van der Waals surface area (Å²) in [4.78, 5) is 38.6. The average Bonchev–Trinajstić information content (AvgIpc) is 2.72. The molecule has 6 nitrogen and oxygen atoms in total. The lowest BCUT2D eigenvalue weighted by Crippen LogP contribution is -2.44. The van der Waals surface area contributed by atoms with Crippen molar-refractivity contribution in [2.45, 2.75) is 79.1 Å². The Bertz CT molecular complexity index is 671. The van der Waals surface area contributed by atoms with Gasteiger partial charge in [-0.05, 0) is 31.4 Å². The van der Waals surface area contributed by atoms with Gasteiger partial charge in [0.25, 0.3) is 0 Å². The Labute approximate surface area is 188 Å². The molecule has 1 aromatic carbocycles. The fourth-order valence-electron chi connectivity index (χ4n) is 3.34. The van der Waals surface area contributed by atoms with Gasteiger partial charge in [-0.2, -0.15) is 0 Å². The molecular weight excluding hydrogens is 390 g/mol. The van der Waals surface area contributed by atoms with E-state index in [9.17, 15) is 14.4 Å². The van der Waals surface area contributed by atoms with Gasteiger partial charge in [0, 0.05) is 18.7 Å². The van der Waals surface area contributed by atoms with Gasteiger partial charge in [-0.1, -0.05) is 77.0 Å². The smallest absolute Gasteiger partial charge is 0.243 e. The molecule has 0 aromatic heterocycles. The minimum atomic E-state index is -0.312. The summed E-state index contributed by atoms with van der Waals surface area (Å²) in [5.41, 5.74) is 1.80. The highest BCUT2D eigenvalue weighted by atomic mass is 16.2. The number of rotatable bonds is 15. The average molecular weight is 432 g/mol. The number of anilines is 1. The van der Waals surface area contributed by atoms with E-state index in [2.05, 4.69) is 17.6 Å². The van der Waals surface area contributed by atoms with E-state index < -0.39 is 0 Å². The van der Waals surface area contributed by atoms with Gasteiger partial charge in [-0.3, -0.25) is 14.4 Å². The molecule has 1 rings (SSSR count). The number of nitrogens with one attached hydrogen (secondary N) is 2. The Morgan fingerprint density at radius 1 is 0.903 bits per heavy atom. The molecule has 0 aliphatic heterocycles. The van der Waals surface area contributed by atoms with Crippen molar-refractivity contribution in [3.63, 3.8) is 0 Å². The van der Waals surface area contributed by atoms with Crippen molar-refractivity contribution in [3.05, 3.63) is 29.8 Å². The minimum absolute atomic E-state index is 0.00861. The molecule has 0 aliphatic carbocycles. The molecule has 0 atom stereocenters. The lowest BCUT2D eigenvalue weighted by atomic mass is 10.1. The van der Waals surface area contributed by atoms with E-state index in [-0.39, 0.29) is 36.7 Å². The van der Waals surface area contributed by atoms with Gasteiger partial charge in [-0.25, -0.2) is 0 Å². The first-order valence-corrected chi connectivity index (χ1v) is 11.7. The molecule has 0 unspecified atom stereocenters. The topological polar surface area (TPSA) is 78.5 Å². The lowest BCUT2D eigenvalue weighted by molar-refractivity contribution is -0.136. The van der Waals surface area contributed by atoms with Crippen LogP contribution in [0.4, 0.5) is 5.69 Å². The van der Waals surface area contributed by atoms with E-state index in [1.807, 2.05) is 45.0 Å². The molecule has 0 bridgehead atoms. The zero-order valence-electron chi connectivity index (χ0n) is 19.8. The standard InChI is InChI=1S/C25H41N3O3/c1-5-6-7-8-9-10-11-12-25(31)28(18-20(2)3)19-24(30)26-17-23(29)27-22-15-13-21(4)14-16-22/h13-16,20H,5-12,17-19H2,1-4H3,(H,26,30)(H,27,29). The summed E-state index contributed by atoms with van der Waals surface area (Å²) in [6.07, 6.45) is 8.55. The van der Waals surface area contributed by atoms with E-state index in [0.29, 0.717) is 18.7 Å². The van der Waals surface area contributed by atoms with Crippen LogP contribution >= 0.6 is 0 Å². The van der Waals surface area contributed by atoms with Crippen LogP contribution in [0, 0.1) is 12.8 Å². The van der Waals surface area contributed by atoms with E-state index in [4.69, 9.17) is 0 Å². The number of hydrogen-bond acceptors (Lipinski definition) is 3. The second kappa shape index (κ2) is 15.4. The Morgan fingerprint density at radius 2 is 1.52 bits per heavy atom. The largest absolute Gasteiger partial charge is 0.345 e. The van der Waals surface area contributed by atoms with Gasteiger partial charge in [-0.15, -0.1) is 0 Å². The van der Waals surface area contributed by atoms with Crippen LogP contribution in [-0.4, -0.2) is 42.3 Å². The normalized spacial score (nSPS) is 10.7. The Morgan fingerprint density at radius 3 is 2.13 bits per heavy atom. The lowest BCUT2D eigenvalue weighted by Gasteiger charge is -2.24. The molecule has 1 aromatic rings. The maximum absolute atomic E-state index is 12.6. The van der Waals surface area contributed by atoms with Gasteiger partial charge in [0.1, 0.15) is 0 Å². The molecule has 0 saturated carbocycles. The molecule has 174 valence electrons. The number of carbonyl (C=O) groups excluding carboxylic acids is 3. The first-order chi connectivity index (χ1) is 14.8. The van der Waals surface area contributed by atoms with E-state index in [0.717, 1.165) is 24.8 Å². The van der Waals surface area contributed by atoms with Gasteiger partial charge < -0.3 is 15.5 Å². The molecule has 0 fully saturated rings. The molecule has 3 amide bonds. The summed E-state index contributed by atoms with van der Waals surface area (Å²) in [5, 5.41) is 5.37. The van der Waals surface area contributed by atoms with Crippen LogP contribution in [0.1, 0.15) is 77.7 Å². The maximum Gasteiger partial charge on any atom is 0.243 e. The number of carbonyl (C=O) groups is 3. The molecule has 0 radical (unpaired) electrons. The highest BCUT2D eigenvalue weighted by Gasteiger charge is 2.18. The molecular formula is C25H41N3O3. The molecule has 0 aliphatic rings. The van der Waals surface area contributed by atoms with Crippen molar-refractivity contribution in [3.8, 4) is 0 Å². The van der Waals surface area contributed by atoms with Gasteiger partial charge in [0.05, 0.1) is 13.1 Å². The van der Waals surface area contributed by atoms with Crippen LogP contribution < -0.4 is 10.6 Å². The first-order valence-electron chi connectivity index (χ1n) is 11.7. The predicted molar refractivity (Wildman–Crippen MR) is 127 cm³/mol. The van der Waals surface area contributed by atoms with Gasteiger partial charge >= 0.3 is 0 Å². The fraction of sp³-hybridized carbons (Fsp3) is 0.640. The number of benzene rings is 1. The molecule has 0 heterocycles. The molecule has 2 N–H and O–H groups in total. The van der Waals surface area contributed by atoms with Crippen molar-refractivity contribution in [2.75, 3.05) is 25.0 Å². The van der Waals surface area contributed by atoms with Crippen molar-refractivity contribution in [2.24, 2.45) is 5.92 Å².